The van der Waals surface area contributed by atoms with Crippen molar-refractivity contribution in [2.75, 3.05) is 26.3 Å². The van der Waals surface area contributed by atoms with Crippen LogP contribution >= 0.6 is 11.3 Å². The number of hydrogen-bond donors (Lipinski definition) is 1. The number of aliphatic carboxylic acids is 1. The third-order valence-corrected chi connectivity index (χ3v) is 6.27. The van der Waals surface area contributed by atoms with Crippen LogP contribution in [0.3, 0.4) is 0 Å². The number of carboxylic acids is 1. The second-order valence-electron chi connectivity index (χ2n) is 6.70. The zero-order chi connectivity index (χ0) is 17.4. The van der Waals surface area contributed by atoms with Crippen molar-refractivity contribution in [1.29, 1.82) is 0 Å². The van der Waals surface area contributed by atoms with E-state index in [1.807, 2.05) is 41.8 Å². The predicted molar refractivity (Wildman–Crippen MR) is 94.7 cm³/mol. The van der Waals surface area contributed by atoms with Crippen molar-refractivity contribution in [3.8, 4) is 11.1 Å². The molecular formula is C19H19NO4S. The van der Waals surface area contributed by atoms with E-state index in [0.717, 1.165) is 11.1 Å². The Morgan fingerprint density at radius 2 is 2.04 bits per heavy atom. The monoisotopic (exact) mass is 357 g/mol. The summed E-state index contributed by atoms with van der Waals surface area (Å²) < 4.78 is 5.47. The van der Waals surface area contributed by atoms with Gasteiger partial charge in [-0.1, -0.05) is 30.3 Å². The van der Waals surface area contributed by atoms with Crippen LogP contribution in [0.1, 0.15) is 16.1 Å². The molecule has 2 aromatic rings. The van der Waals surface area contributed by atoms with Crippen LogP contribution in [-0.4, -0.2) is 48.2 Å². The minimum Gasteiger partial charge on any atom is -0.481 e. The fraction of sp³-hybridized carbons (Fsp3) is 0.368. The molecule has 1 aromatic carbocycles. The van der Waals surface area contributed by atoms with E-state index in [2.05, 4.69) is 0 Å². The molecule has 6 heteroatoms. The standard InChI is InChI=1S/C19H19NO4S/c21-17(16-15(6-9-25-16)13-4-2-1-3-5-13)20-10-14-11-24-8-7-19(14,12-20)18(22)23/h1-6,9,14H,7-8,10-12H2,(H,22,23)/t14-,19+/m0/s1. The maximum atomic E-state index is 13.1. The molecule has 2 atom stereocenters. The molecule has 0 radical (unpaired) electrons. The molecule has 5 nitrogen and oxygen atoms in total. The van der Waals surface area contributed by atoms with E-state index in [9.17, 15) is 14.7 Å². The summed E-state index contributed by atoms with van der Waals surface area (Å²) in [5, 5.41) is 11.7. The smallest absolute Gasteiger partial charge is 0.311 e. The summed E-state index contributed by atoms with van der Waals surface area (Å²) in [5.41, 5.74) is 1.05. The molecule has 25 heavy (non-hydrogen) atoms. The molecule has 130 valence electrons. The Labute approximate surface area is 149 Å². The average Bonchev–Trinajstić information content (AvgIpc) is 3.27. The largest absolute Gasteiger partial charge is 0.481 e. The lowest BCUT2D eigenvalue weighted by molar-refractivity contribution is -0.157. The second kappa shape index (κ2) is 6.28. The highest BCUT2D eigenvalue weighted by molar-refractivity contribution is 7.12. The Morgan fingerprint density at radius 1 is 1.24 bits per heavy atom. The van der Waals surface area contributed by atoms with Gasteiger partial charge in [0.05, 0.1) is 16.9 Å². The van der Waals surface area contributed by atoms with Crippen LogP contribution in [0.25, 0.3) is 11.1 Å². The molecule has 1 aromatic heterocycles. The summed E-state index contributed by atoms with van der Waals surface area (Å²) in [6.07, 6.45) is 0.465. The van der Waals surface area contributed by atoms with E-state index in [1.54, 1.807) is 4.90 Å². The summed E-state index contributed by atoms with van der Waals surface area (Å²) in [5.74, 6) is -1.03. The van der Waals surface area contributed by atoms with Crippen LogP contribution in [0, 0.1) is 11.3 Å². The van der Waals surface area contributed by atoms with Gasteiger partial charge in [0.25, 0.3) is 5.91 Å². The number of nitrogens with zero attached hydrogens (tertiary/aromatic N) is 1. The van der Waals surface area contributed by atoms with E-state index in [4.69, 9.17) is 4.74 Å². The Kier molecular flexibility index (Phi) is 4.09. The molecule has 2 aliphatic heterocycles. The first-order chi connectivity index (χ1) is 12.1. The fourth-order valence-corrected chi connectivity index (χ4v) is 4.80. The maximum absolute atomic E-state index is 13.1. The van der Waals surface area contributed by atoms with E-state index in [1.165, 1.54) is 11.3 Å². The van der Waals surface area contributed by atoms with Gasteiger partial charge in [0.1, 0.15) is 0 Å². The quantitative estimate of drug-likeness (QED) is 0.917. The summed E-state index contributed by atoms with van der Waals surface area (Å²) >= 11 is 1.41. The highest BCUT2D eigenvalue weighted by Crippen LogP contribution is 2.43. The lowest BCUT2D eigenvalue weighted by Crippen LogP contribution is -2.45. The number of benzene rings is 1. The Hall–Kier alpha value is -2.18. The molecule has 1 N–H and O–H groups in total. The molecule has 0 saturated carbocycles. The summed E-state index contributed by atoms with van der Waals surface area (Å²) in [4.78, 5) is 27.4. The number of fused-ring (bicyclic) bond motifs is 1. The van der Waals surface area contributed by atoms with E-state index in [0.29, 0.717) is 31.1 Å². The van der Waals surface area contributed by atoms with E-state index < -0.39 is 11.4 Å². The number of carbonyl (C=O) groups is 2. The lowest BCUT2D eigenvalue weighted by Gasteiger charge is -2.33. The van der Waals surface area contributed by atoms with Crippen molar-refractivity contribution in [3.63, 3.8) is 0 Å². The Balaban J connectivity index is 1.63. The van der Waals surface area contributed by atoms with Crippen molar-refractivity contribution in [1.82, 2.24) is 4.90 Å². The summed E-state index contributed by atoms with van der Waals surface area (Å²) in [6.45, 7) is 1.56. The van der Waals surface area contributed by atoms with Crippen LogP contribution in [0.4, 0.5) is 0 Å². The van der Waals surface area contributed by atoms with Crippen molar-refractivity contribution in [2.45, 2.75) is 6.42 Å². The third kappa shape index (κ3) is 2.65. The number of rotatable bonds is 3. The zero-order valence-corrected chi connectivity index (χ0v) is 14.5. The van der Waals surface area contributed by atoms with Gasteiger partial charge in [-0.05, 0) is 23.4 Å². The van der Waals surface area contributed by atoms with Gasteiger partial charge in [-0.25, -0.2) is 0 Å². The van der Waals surface area contributed by atoms with Crippen molar-refractivity contribution >= 4 is 23.2 Å². The lowest BCUT2D eigenvalue weighted by atomic mass is 9.74. The summed E-state index contributed by atoms with van der Waals surface area (Å²) in [6, 6.07) is 11.8. The molecule has 2 saturated heterocycles. The first kappa shape index (κ1) is 16.3. The van der Waals surface area contributed by atoms with Gasteiger partial charge in [0, 0.05) is 31.2 Å². The van der Waals surface area contributed by atoms with E-state index >= 15 is 0 Å². The number of carboxylic acid groups (broad SMARTS) is 1. The molecule has 0 spiro atoms. The third-order valence-electron chi connectivity index (χ3n) is 5.36. The van der Waals surface area contributed by atoms with Crippen LogP contribution in [0.5, 0.6) is 0 Å². The second-order valence-corrected chi connectivity index (χ2v) is 7.61. The average molecular weight is 357 g/mol. The molecule has 2 aliphatic rings. The highest BCUT2D eigenvalue weighted by Gasteiger charge is 2.55. The molecule has 0 aliphatic carbocycles. The van der Waals surface area contributed by atoms with Gasteiger partial charge in [-0.3, -0.25) is 9.59 Å². The van der Waals surface area contributed by atoms with E-state index in [-0.39, 0.29) is 18.4 Å². The van der Waals surface area contributed by atoms with Gasteiger partial charge < -0.3 is 14.7 Å². The van der Waals surface area contributed by atoms with Gasteiger partial charge in [-0.2, -0.15) is 0 Å². The van der Waals surface area contributed by atoms with Crippen LogP contribution in [0.2, 0.25) is 0 Å². The van der Waals surface area contributed by atoms with Gasteiger partial charge in [-0.15, -0.1) is 11.3 Å². The zero-order valence-electron chi connectivity index (χ0n) is 13.7. The molecular weight excluding hydrogens is 338 g/mol. The molecule has 3 heterocycles. The molecule has 4 rings (SSSR count). The Bertz CT molecular complexity index is 803. The summed E-state index contributed by atoms with van der Waals surface area (Å²) in [7, 11) is 0. The van der Waals surface area contributed by atoms with Crippen LogP contribution in [0.15, 0.2) is 41.8 Å². The predicted octanol–water partition coefficient (Wildman–Crippen LogP) is 2.98. The number of thiophene rings is 1. The minimum atomic E-state index is -0.863. The molecule has 1 amide bonds. The first-order valence-corrected chi connectivity index (χ1v) is 9.23. The number of amides is 1. The minimum absolute atomic E-state index is 0.0797. The topological polar surface area (TPSA) is 66.8 Å². The van der Waals surface area contributed by atoms with Crippen LogP contribution < -0.4 is 0 Å². The SMILES string of the molecule is O=C(c1sccc1-c1ccccc1)N1C[C@H]2COCC[C@@]2(C(=O)O)C1. The van der Waals surface area contributed by atoms with Gasteiger partial charge in [0.15, 0.2) is 0 Å². The first-order valence-electron chi connectivity index (χ1n) is 8.35. The highest BCUT2D eigenvalue weighted by atomic mass is 32.1. The number of hydrogen-bond acceptors (Lipinski definition) is 4. The molecule has 0 bridgehead atoms. The van der Waals surface area contributed by atoms with Gasteiger partial charge in [0.2, 0.25) is 0 Å². The van der Waals surface area contributed by atoms with Crippen LogP contribution in [-0.2, 0) is 9.53 Å². The van der Waals surface area contributed by atoms with Gasteiger partial charge >= 0.3 is 5.97 Å². The number of ether oxygens (including phenoxy) is 1. The number of likely N-dealkylation sites (tertiary alicyclic amines) is 1. The molecule has 0 unspecified atom stereocenters. The van der Waals surface area contributed by atoms with Crippen molar-refractivity contribution < 1.29 is 19.4 Å². The number of carbonyl (C=O) groups excluding carboxylic acids is 1. The normalized spacial score (nSPS) is 25.6. The Morgan fingerprint density at radius 3 is 2.76 bits per heavy atom. The van der Waals surface area contributed by atoms with Crippen molar-refractivity contribution in [2.24, 2.45) is 11.3 Å². The van der Waals surface area contributed by atoms with Crippen molar-refractivity contribution in [3.05, 3.63) is 46.7 Å². The molecule has 2 fully saturated rings. The maximum Gasteiger partial charge on any atom is 0.311 e. The fourth-order valence-electron chi connectivity index (χ4n) is 3.92.